The van der Waals surface area contributed by atoms with Gasteiger partial charge in [-0.2, -0.15) is 0 Å². The molecule has 4 fully saturated rings. The van der Waals surface area contributed by atoms with Gasteiger partial charge in [0.25, 0.3) is 5.91 Å². The molecule has 0 spiro atoms. The maximum atomic E-state index is 15.4. The lowest BCUT2D eigenvalue weighted by atomic mass is 9.59. The summed E-state index contributed by atoms with van der Waals surface area (Å²) in [5.74, 6) is 1.55. The second-order valence-corrected chi connectivity index (χ2v) is 12.4. The first-order valence-corrected chi connectivity index (χ1v) is 13.6. The fourth-order valence-corrected chi connectivity index (χ4v) is 7.15. The van der Waals surface area contributed by atoms with Crippen LogP contribution >= 0.6 is 0 Å². The van der Waals surface area contributed by atoms with Crippen LogP contribution in [-0.2, 0) is 4.84 Å². The minimum atomic E-state index is -0.684. The summed E-state index contributed by atoms with van der Waals surface area (Å²) in [5.41, 5.74) is 2.59. The zero-order valence-corrected chi connectivity index (χ0v) is 21.4. The Hall–Kier alpha value is -1.70. The number of carbonyl (C=O) groups is 1. The van der Waals surface area contributed by atoms with Crippen molar-refractivity contribution >= 4 is 5.91 Å². The van der Waals surface area contributed by atoms with Crippen LogP contribution in [-0.4, -0.2) is 35.4 Å². The molecule has 4 atom stereocenters. The molecule has 194 valence electrons. The van der Waals surface area contributed by atoms with Crippen molar-refractivity contribution in [2.75, 3.05) is 13.2 Å². The maximum Gasteiger partial charge on any atom is 0.258 e. The Balaban J connectivity index is 1.37. The van der Waals surface area contributed by atoms with E-state index in [0.29, 0.717) is 31.2 Å². The lowest BCUT2D eigenvalue weighted by molar-refractivity contribution is -0.212. The summed E-state index contributed by atoms with van der Waals surface area (Å²) in [4.78, 5) is 20.2. The molecule has 7 heteroatoms. The second kappa shape index (κ2) is 9.64. The second-order valence-electron chi connectivity index (χ2n) is 12.4. The number of ether oxygens (including phenoxy) is 1. The Morgan fingerprint density at radius 1 is 1.23 bits per heavy atom. The molecule has 5 rings (SSSR count). The van der Waals surface area contributed by atoms with Crippen molar-refractivity contribution < 1.29 is 24.0 Å². The van der Waals surface area contributed by atoms with Crippen molar-refractivity contribution in [1.29, 1.82) is 0 Å². The summed E-state index contributed by atoms with van der Waals surface area (Å²) >= 11 is 0. The van der Waals surface area contributed by atoms with Gasteiger partial charge in [-0.05, 0) is 74.3 Å². The molecule has 1 aromatic carbocycles. The highest BCUT2D eigenvalue weighted by Gasteiger charge is 2.46. The van der Waals surface area contributed by atoms with Crippen molar-refractivity contribution in [2.45, 2.75) is 97.1 Å². The van der Waals surface area contributed by atoms with Crippen LogP contribution in [0.5, 0.6) is 5.75 Å². The van der Waals surface area contributed by atoms with Crippen LogP contribution in [0.15, 0.2) is 12.1 Å². The number of nitrogens with zero attached hydrogens (tertiary/aromatic N) is 1. The Morgan fingerprint density at radius 2 is 2.03 bits per heavy atom. The van der Waals surface area contributed by atoms with E-state index in [2.05, 4.69) is 6.92 Å². The summed E-state index contributed by atoms with van der Waals surface area (Å²) < 4.78 is 21.9. The number of nitrogens with one attached hydrogen (secondary N) is 1. The number of amides is 1. The zero-order valence-electron chi connectivity index (χ0n) is 21.4. The molecule has 0 aromatic heterocycles. The molecule has 3 saturated carbocycles. The summed E-state index contributed by atoms with van der Waals surface area (Å²) in [7, 11) is 0. The monoisotopic (exact) mass is 488 g/mol. The van der Waals surface area contributed by atoms with E-state index in [0.717, 1.165) is 30.2 Å². The molecule has 2 N–H and O–H groups in total. The van der Waals surface area contributed by atoms with Crippen molar-refractivity contribution in [2.24, 2.45) is 22.7 Å². The predicted octanol–water partition coefficient (Wildman–Crippen LogP) is 6.19. The molecule has 35 heavy (non-hydrogen) atoms. The number of halogens is 1. The number of benzene rings is 1. The van der Waals surface area contributed by atoms with Gasteiger partial charge in [-0.3, -0.25) is 14.8 Å². The summed E-state index contributed by atoms with van der Waals surface area (Å²) in [6.45, 7) is 7.32. The molecule has 2 bridgehead atoms. The van der Waals surface area contributed by atoms with Gasteiger partial charge in [0.1, 0.15) is 11.6 Å². The van der Waals surface area contributed by atoms with E-state index in [9.17, 15) is 4.79 Å². The molecule has 0 radical (unpaired) electrons. The molecule has 4 unspecified atom stereocenters. The molecule has 1 saturated heterocycles. The Bertz CT molecular complexity index is 949. The SMILES string of the molecule is CCC1CC2CCCC(COc3cc(F)c(C(=O)N4CCC(C)(C)C4ONO)cc3C3CC3)(C1)C2. The minimum absolute atomic E-state index is 0.0584. The minimum Gasteiger partial charge on any atom is -0.493 e. The molecular weight excluding hydrogens is 447 g/mol. The summed E-state index contributed by atoms with van der Waals surface area (Å²) in [6.07, 6.45) is 10.9. The molecule has 1 heterocycles. The van der Waals surface area contributed by atoms with E-state index >= 15 is 4.39 Å². The normalized spacial score (nSPS) is 32.0. The highest BCUT2D eigenvalue weighted by Crippen LogP contribution is 2.52. The quantitative estimate of drug-likeness (QED) is 0.427. The molecule has 1 aromatic rings. The van der Waals surface area contributed by atoms with Crippen molar-refractivity contribution in [3.05, 3.63) is 29.1 Å². The summed E-state index contributed by atoms with van der Waals surface area (Å²) in [6, 6.07) is 3.16. The van der Waals surface area contributed by atoms with Gasteiger partial charge in [-0.15, -0.1) is 0 Å². The first kappa shape index (κ1) is 25.0. The predicted molar refractivity (Wildman–Crippen MR) is 131 cm³/mol. The van der Waals surface area contributed by atoms with Crippen molar-refractivity contribution in [1.82, 2.24) is 10.5 Å². The highest BCUT2D eigenvalue weighted by atomic mass is 19.1. The fourth-order valence-electron chi connectivity index (χ4n) is 7.15. The molecule has 4 aliphatic rings. The number of fused-ring (bicyclic) bond motifs is 2. The lowest BCUT2D eigenvalue weighted by Gasteiger charge is -2.48. The average Bonchev–Trinajstić information content (AvgIpc) is 3.62. The third kappa shape index (κ3) is 4.96. The van der Waals surface area contributed by atoms with Crippen LogP contribution in [0.1, 0.15) is 107 Å². The van der Waals surface area contributed by atoms with Crippen LogP contribution < -0.4 is 10.4 Å². The number of hydrogen-bond acceptors (Lipinski definition) is 5. The summed E-state index contributed by atoms with van der Waals surface area (Å²) in [5, 5.41) is 9.10. The average molecular weight is 489 g/mol. The van der Waals surface area contributed by atoms with E-state index < -0.39 is 18.0 Å². The molecule has 1 amide bonds. The van der Waals surface area contributed by atoms with Crippen LogP contribution in [0.4, 0.5) is 4.39 Å². The van der Waals surface area contributed by atoms with Crippen LogP contribution in [0.3, 0.4) is 0 Å². The van der Waals surface area contributed by atoms with Gasteiger partial charge in [0.05, 0.1) is 12.2 Å². The smallest absolute Gasteiger partial charge is 0.258 e. The third-order valence-corrected chi connectivity index (χ3v) is 9.26. The number of hydrogen-bond donors (Lipinski definition) is 2. The Kier molecular flexibility index (Phi) is 6.88. The van der Waals surface area contributed by atoms with Crippen LogP contribution in [0, 0.1) is 28.5 Å². The van der Waals surface area contributed by atoms with Gasteiger partial charge < -0.3 is 9.64 Å². The topological polar surface area (TPSA) is 71.0 Å². The largest absolute Gasteiger partial charge is 0.493 e. The number of likely N-dealkylation sites (tertiary alicyclic amines) is 1. The third-order valence-electron chi connectivity index (χ3n) is 9.26. The van der Waals surface area contributed by atoms with E-state index in [1.165, 1.54) is 55.9 Å². The fraction of sp³-hybridized carbons (Fsp3) is 0.750. The van der Waals surface area contributed by atoms with E-state index in [1.807, 2.05) is 13.8 Å². The Labute approximate surface area is 208 Å². The first-order valence-electron chi connectivity index (χ1n) is 13.6. The van der Waals surface area contributed by atoms with Gasteiger partial charge in [0, 0.05) is 23.4 Å². The van der Waals surface area contributed by atoms with E-state index in [4.69, 9.17) is 14.8 Å². The van der Waals surface area contributed by atoms with Gasteiger partial charge >= 0.3 is 0 Å². The van der Waals surface area contributed by atoms with E-state index in [-0.39, 0.29) is 16.4 Å². The highest BCUT2D eigenvalue weighted by molar-refractivity contribution is 5.95. The number of carbonyl (C=O) groups excluding carboxylic acids is 1. The molecular formula is C28H41FN2O4. The van der Waals surface area contributed by atoms with E-state index in [1.54, 1.807) is 11.7 Å². The zero-order chi connectivity index (χ0) is 24.8. The van der Waals surface area contributed by atoms with Crippen LogP contribution in [0.25, 0.3) is 0 Å². The van der Waals surface area contributed by atoms with Gasteiger partial charge in [0.2, 0.25) is 0 Å². The van der Waals surface area contributed by atoms with Gasteiger partial charge in [0.15, 0.2) is 6.23 Å². The molecule has 3 aliphatic carbocycles. The Morgan fingerprint density at radius 3 is 2.74 bits per heavy atom. The number of rotatable bonds is 8. The maximum absolute atomic E-state index is 15.4. The van der Waals surface area contributed by atoms with Gasteiger partial charge in [-0.25, -0.2) is 4.39 Å². The van der Waals surface area contributed by atoms with Gasteiger partial charge in [-0.1, -0.05) is 45.7 Å². The first-order chi connectivity index (χ1) is 16.7. The van der Waals surface area contributed by atoms with Crippen molar-refractivity contribution in [3.63, 3.8) is 0 Å². The standard InChI is InChI=1S/C28H41FN2O4/c1-4-18-12-19-6-5-9-28(15-18,16-19)17-34-24-14-23(29)22(13-21(24)20-7-8-20)25(32)31-11-10-27(2,3)26(31)35-30-33/h13-14,18-20,26,30,33H,4-12,15-17H2,1-3H3. The molecule has 1 aliphatic heterocycles. The molecule has 6 nitrogen and oxygen atoms in total. The van der Waals surface area contributed by atoms with Crippen LogP contribution in [0.2, 0.25) is 0 Å². The lowest BCUT2D eigenvalue weighted by Crippen LogP contribution is -2.45. The van der Waals surface area contributed by atoms with Crippen molar-refractivity contribution in [3.8, 4) is 5.75 Å².